The quantitative estimate of drug-likeness (QED) is 0.104. The van der Waals surface area contributed by atoms with E-state index in [0.717, 1.165) is 34.9 Å². The van der Waals surface area contributed by atoms with E-state index in [1.54, 1.807) is 4.57 Å². The number of aromatic nitrogens is 7. The van der Waals surface area contributed by atoms with E-state index in [0.29, 0.717) is 11.5 Å². The van der Waals surface area contributed by atoms with Crippen molar-refractivity contribution in [1.82, 2.24) is 33.6 Å². The molecule has 7 N–H and O–H groups in total. The van der Waals surface area contributed by atoms with Crippen LogP contribution in [0.3, 0.4) is 0 Å². The number of hydrogen-bond acceptors (Lipinski definition) is 18. The molecule has 8 heterocycles. The van der Waals surface area contributed by atoms with Crippen molar-refractivity contribution in [3.63, 3.8) is 0 Å². The number of nitrogen functional groups attached to an aromatic ring is 1. The number of aliphatic hydroxyl groups is 3. The summed E-state index contributed by atoms with van der Waals surface area (Å²) in [6.07, 6.45) is -5.98. The number of carbonyl (C=O) groups excluding carboxylic acids is 1. The normalized spacial score (nSPS) is 33.1. The van der Waals surface area contributed by atoms with Gasteiger partial charge in [-0.05, 0) is 30.2 Å². The van der Waals surface area contributed by atoms with Crippen molar-refractivity contribution in [1.29, 1.82) is 0 Å². The van der Waals surface area contributed by atoms with Gasteiger partial charge in [0.25, 0.3) is 5.56 Å². The van der Waals surface area contributed by atoms with Gasteiger partial charge < -0.3 is 59.3 Å². The lowest BCUT2D eigenvalue weighted by Crippen LogP contribution is -2.38. The standard InChI is InChI=1S/C27H32N9O12PS/c28-26-33-22-15(23(40)34(26)4-5-37)32-10-36(22)25-19-16(38)12(45-25)8-44-49(42,50)48-18-13(7-43-27(41)47-19)46-24(17(18)39)35-6-11-2-1-3-29-20-14(11)21(35)31-9-30-20/h6,9-10,12-13,16-19,24-25,37-39H,1-5,7-8H2,(H2,28,33)(H,42,50)(H,29,30,31)/t12-,13-,16-,17-,18-,19-,24-,25-,49?/m1/s1. The first-order valence-electron chi connectivity index (χ1n) is 15.6. The highest BCUT2D eigenvalue weighted by Gasteiger charge is 2.52. The molecule has 4 aliphatic rings. The Labute approximate surface area is 285 Å². The third-order valence-electron chi connectivity index (χ3n) is 9.06. The maximum absolute atomic E-state index is 13.1. The van der Waals surface area contributed by atoms with Gasteiger partial charge in [0.2, 0.25) is 5.95 Å². The summed E-state index contributed by atoms with van der Waals surface area (Å²) in [7, 11) is 0. The molecule has 268 valence electrons. The lowest BCUT2D eigenvalue weighted by Gasteiger charge is -2.26. The van der Waals surface area contributed by atoms with Crippen LogP contribution in [-0.4, -0.2) is 123 Å². The van der Waals surface area contributed by atoms with Gasteiger partial charge in [-0.3, -0.25) is 18.5 Å². The number of rotatable bonds is 4. The lowest BCUT2D eigenvalue weighted by atomic mass is 10.1. The Kier molecular flexibility index (Phi) is 8.49. The third kappa shape index (κ3) is 5.61. The van der Waals surface area contributed by atoms with E-state index in [1.807, 2.05) is 6.20 Å². The van der Waals surface area contributed by atoms with Gasteiger partial charge in [0.1, 0.15) is 54.9 Å². The molecule has 0 aromatic carbocycles. The summed E-state index contributed by atoms with van der Waals surface area (Å²) in [4.78, 5) is 54.4. The summed E-state index contributed by atoms with van der Waals surface area (Å²) in [5.41, 5.74) is 6.58. The second-order valence-corrected chi connectivity index (χ2v) is 14.9. The van der Waals surface area contributed by atoms with Crippen LogP contribution in [0.5, 0.6) is 0 Å². The van der Waals surface area contributed by atoms with Crippen molar-refractivity contribution >= 4 is 58.6 Å². The highest BCUT2D eigenvalue weighted by atomic mass is 32.5. The van der Waals surface area contributed by atoms with Crippen LogP contribution < -0.4 is 16.6 Å². The molecule has 0 radical (unpaired) electrons. The molecule has 0 aliphatic carbocycles. The first-order valence-corrected chi connectivity index (χ1v) is 18.2. The average Bonchev–Trinajstić information content (AvgIpc) is 3.79. The second-order valence-electron chi connectivity index (χ2n) is 12.1. The SMILES string of the molecule is Nc1nc2c(ncn2[C@@H]2O[C@@H]3COP(O)(=S)O[C@H]4[C@@H](O)[C@H](n5cc6c7c(ncnc75)NCCC6)O[C@@H]4COC(=O)O[C@@H]2[C@@H]3O)c(=O)n1CCO. The fourth-order valence-corrected chi connectivity index (χ4v) is 8.20. The molecule has 0 saturated carbocycles. The van der Waals surface area contributed by atoms with E-state index in [2.05, 4.69) is 25.3 Å². The van der Waals surface area contributed by atoms with E-state index in [-0.39, 0.29) is 30.3 Å². The molecule has 2 bridgehead atoms. The van der Waals surface area contributed by atoms with Crippen LogP contribution in [0.4, 0.5) is 16.6 Å². The maximum atomic E-state index is 13.1. The number of imidazole rings is 1. The van der Waals surface area contributed by atoms with E-state index >= 15 is 0 Å². The molecule has 50 heavy (non-hydrogen) atoms. The second kappa shape index (κ2) is 12.7. The Balaban J connectivity index is 1.09. The largest absolute Gasteiger partial charge is 0.508 e. The number of cyclic esters (lactones) is 1. The van der Waals surface area contributed by atoms with Crippen LogP contribution >= 0.6 is 6.72 Å². The number of carbonyl (C=O) groups is 1. The fraction of sp³-hybridized carbons (Fsp3) is 0.556. The number of fused-ring (bicyclic) bond motifs is 4. The Morgan fingerprint density at radius 2 is 1.86 bits per heavy atom. The molecule has 4 aromatic heterocycles. The van der Waals surface area contributed by atoms with Crippen LogP contribution in [0.15, 0.2) is 23.6 Å². The molecule has 8 rings (SSSR count). The Bertz CT molecular complexity index is 2080. The predicted octanol–water partition coefficient (Wildman–Crippen LogP) is -1.36. The Hall–Kier alpha value is -3.83. The summed E-state index contributed by atoms with van der Waals surface area (Å²) >= 11 is 5.29. The van der Waals surface area contributed by atoms with E-state index in [1.165, 1.54) is 17.2 Å². The molecule has 1 unspecified atom stereocenters. The predicted molar refractivity (Wildman–Crippen MR) is 171 cm³/mol. The first kappa shape index (κ1) is 33.3. The zero-order valence-corrected chi connectivity index (χ0v) is 27.6. The smallest absolute Gasteiger partial charge is 0.431 e. The minimum absolute atomic E-state index is 0.0544. The molecular formula is C27H32N9O12PS. The third-order valence-corrected chi connectivity index (χ3v) is 10.6. The molecule has 21 nitrogen and oxygen atoms in total. The highest BCUT2D eigenvalue weighted by molar-refractivity contribution is 8.07. The van der Waals surface area contributed by atoms with Gasteiger partial charge in [0, 0.05) is 12.7 Å². The number of hydrogen-bond donors (Lipinski definition) is 6. The van der Waals surface area contributed by atoms with Crippen molar-refractivity contribution in [3.05, 3.63) is 34.8 Å². The molecule has 3 saturated heterocycles. The average molecular weight is 738 g/mol. The van der Waals surface area contributed by atoms with Crippen molar-refractivity contribution < 1.29 is 53.0 Å². The number of nitrogens with one attached hydrogen (secondary N) is 1. The molecule has 23 heteroatoms. The molecular weight excluding hydrogens is 705 g/mol. The van der Waals surface area contributed by atoms with E-state index < -0.39 is 80.7 Å². The molecule has 3 fully saturated rings. The van der Waals surface area contributed by atoms with Gasteiger partial charge in [-0.2, -0.15) is 4.98 Å². The molecule has 9 atom stereocenters. The monoisotopic (exact) mass is 737 g/mol. The number of ether oxygens (including phenoxy) is 4. The number of aliphatic hydroxyl groups excluding tert-OH is 3. The van der Waals surface area contributed by atoms with Gasteiger partial charge in [-0.25, -0.2) is 19.7 Å². The number of aryl methyl sites for hydroxylation is 1. The Morgan fingerprint density at radius 3 is 2.68 bits per heavy atom. The van der Waals surface area contributed by atoms with Gasteiger partial charge in [-0.15, -0.1) is 0 Å². The minimum atomic E-state index is -4.18. The molecule has 4 aliphatic heterocycles. The Morgan fingerprint density at radius 1 is 1.04 bits per heavy atom. The van der Waals surface area contributed by atoms with Gasteiger partial charge in [0.15, 0.2) is 29.7 Å². The molecule has 0 amide bonds. The number of anilines is 2. The lowest BCUT2D eigenvalue weighted by molar-refractivity contribution is -0.0841. The van der Waals surface area contributed by atoms with Gasteiger partial charge in [0.05, 0.1) is 31.5 Å². The van der Waals surface area contributed by atoms with E-state index in [4.69, 9.17) is 45.5 Å². The topological polar surface area (TPSA) is 275 Å². The van der Waals surface area contributed by atoms with Crippen LogP contribution in [0.25, 0.3) is 22.2 Å². The fourth-order valence-electron chi connectivity index (χ4n) is 6.75. The maximum Gasteiger partial charge on any atom is 0.508 e. The van der Waals surface area contributed by atoms with Gasteiger partial charge >= 0.3 is 12.9 Å². The van der Waals surface area contributed by atoms with Crippen molar-refractivity contribution in [2.24, 2.45) is 0 Å². The van der Waals surface area contributed by atoms with Crippen LogP contribution in [0.2, 0.25) is 0 Å². The zero-order valence-electron chi connectivity index (χ0n) is 25.9. The van der Waals surface area contributed by atoms with Gasteiger partial charge in [-0.1, -0.05) is 0 Å². The number of nitrogens with two attached hydrogens (primary N) is 1. The van der Waals surface area contributed by atoms with E-state index in [9.17, 15) is 29.8 Å². The molecule has 4 aromatic rings. The first-order chi connectivity index (χ1) is 24.0. The molecule has 0 spiro atoms. The summed E-state index contributed by atoms with van der Waals surface area (Å²) in [5, 5.41) is 36.1. The summed E-state index contributed by atoms with van der Waals surface area (Å²) < 4.78 is 38.4. The van der Waals surface area contributed by atoms with Crippen LogP contribution in [0.1, 0.15) is 24.4 Å². The zero-order chi connectivity index (χ0) is 34.9. The summed E-state index contributed by atoms with van der Waals surface area (Å²) in [5.74, 6) is 0.425. The summed E-state index contributed by atoms with van der Waals surface area (Å²) in [6, 6.07) is 0. The van der Waals surface area contributed by atoms with Crippen LogP contribution in [-0.2, 0) is 52.8 Å². The van der Waals surface area contributed by atoms with Crippen molar-refractivity contribution in [2.45, 2.75) is 68.5 Å². The van der Waals surface area contributed by atoms with Crippen LogP contribution in [0, 0.1) is 0 Å². The minimum Gasteiger partial charge on any atom is -0.431 e. The number of nitrogens with zero attached hydrogens (tertiary/aromatic N) is 7. The highest BCUT2D eigenvalue weighted by Crippen LogP contribution is 2.50. The van der Waals surface area contributed by atoms with Crippen molar-refractivity contribution in [2.75, 3.05) is 37.4 Å². The van der Waals surface area contributed by atoms with Crippen molar-refractivity contribution in [3.8, 4) is 0 Å². The summed E-state index contributed by atoms with van der Waals surface area (Å²) in [6.45, 7) is -5.02.